The van der Waals surface area contributed by atoms with E-state index in [1.165, 1.54) is 17.0 Å². The number of benzene rings is 1. The topological polar surface area (TPSA) is 40.6 Å². The van der Waals surface area contributed by atoms with Crippen molar-refractivity contribution in [2.24, 2.45) is 0 Å². The van der Waals surface area contributed by atoms with Crippen molar-refractivity contribution in [3.05, 3.63) is 35.6 Å². The van der Waals surface area contributed by atoms with Crippen LogP contribution >= 0.6 is 0 Å². The molecule has 0 spiro atoms. The van der Waals surface area contributed by atoms with Crippen molar-refractivity contribution >= 4 is 11.8 Å². The summed E-state index contributed by atoms with van der Waals surface area (Å²) in [7, 11) is 0. The third kappa shape index (κ3) is 3.75. The normalized spacial score (nSPS) is 16.4. The van der Waals surface area contributed by atoms with Gasteiger partial charge in [0.05, 0.1) is 0 Å². The maximum Gasteiger partial charge on any atom is 0.471 e. The predicted molar refractivity (Wildman–Crippen MR) is 69.6 cm³/mol. The van der Waals surface area contributed by atoms with E-state index >= 15 is 0 Å². The van der Waals surface area contributed by atoms with Gasteiger partial charge in [-0.1, -0.05) is 0 Å². The molecule has 4 nitrogen and oxygen atoms in total. The van der Waals surface area contributed by atoms with Crippen LogP contribution < -0.4 is 0 Å². The second-order valence-corrected chi connectivity index (χ2v) is 4.94. The quantitative estimate of drug-likeness (QED) is 0.744. The van der Waals surface area contributed by atoms with E-state index in [1.807, 2.05) is 0 Å². The second-order valence-electron chi connectivity index (χ2n) is 4.94. The molecule has 1 aromatic carbocycles. The maximum atomic E-state index is 12.8. The van der Waals surface area contributed by atoms with Crippen molar-refractivity contribution in [1.82, 2.24) is 9.80 Å². The summed E-state index contributed by atoms with van der Waals surface area (Å²) in [6, 6.07) is 4.93. The molecule has 22 heavy (non-hydrogen) atoms. The number of nitrogens with zero attached hydrogens (tertiary/aromatic N) is 2. The Morgan fingerprint density at radius 3 is 2.05 bits per heavy atom. The van der Waals surface area contributed by atoms with Crippen molar-refractivity contribution < 1.29 is 27.2 Å². The average Bonchev–Trinajstić information content (AvgIpc) is 2.71. The van der Waals surface area contributed by atoms with Gasteiger partial charge in [0, 0.05) is 31.7 Å². The lowest BCUT2D eigenvalue weighted by Gasteiger charge is -2.23. The van der Waals surface area contributed by atoms with E-state index in [-0.39, 0.29) is 44.1 Å². The first-order valence-electron chi connectivity index (χ1n) is 6.70. The van der Waals surface area contributed by atoms with Crippen LogP contribution in [0.3, 0.4) is 0 Å². The van der Waals surface area contributed by atoms with Crippen LogP contribution in [-0.2, 0) is 4.79 Å². The Bertz CT molecular complexity index is 557. The molecule has 0 radical (unpaired) electrons. The number of halogens is 4. The second kappa shape index (κ2) is 6.33. The molecule has 1 aliphatic rings. The molecule has 8 heteroatoms. The summed E-state index contributed by atoms with van der Waals surface area (Å²) in [5.74, 6) is -2.75. The van der Waals surface area contributed by atoms with Crippen molar-refractivity contribution in [3.8, 4) is 0 Å². The van der Waals surface area contributed by atoms with Crippen LogP contribution in [0.15, 0.2) is 24.3 Å². The van der Waals surface area contributed by atoms with Crippen LogP contribution in [0.5, 0.6) is 0 Å². The lowest BCUT2D eigenvalue weighted by molar-refractivity contribution is -0.185. The zero-order valence-corrected chi connectivity index (χ0v) is 11.6. The molecule has 1 heterocycles. The molecule has 1 fully saturated rings. The van der Waals surface area contributed by atoms with Gasteiger partial charge in [0.25, 0.3) is 5.91 Å². The van der Waals surface area contributed by atoms with Crippen LogP contribution in [-0.4, -0.2) is 54.0 Å². The van der Waals surface area contributed by atoms with E-state index in [2.05, 4.69) is 0 Å². The summed E-state index contributed by atoms with van der Waals surface area (Å²) in [5, 5.41) is 0. The van der Waals surface area contributed by atoms with Crippen molar-refractivity contribution in [2.75, 3.05) is 26.2 Å². The zero-order valence-electron chi connectivity index (χ0n) is 11.6. The van der Waals surface area contributed by atoms with Crippen molar-refractivity contribution in [2.45, 2.75) is 12.6 Å². The smallest absolute Gasteiger partial charge is 0.337 e. The van der Waals surface area contributed by atoms with Gasteiger partial charge < -0.3 is 9.80 Å². The molecule has 0 N–H and O–H groups in total. The third-order valence-electron chi connectivity index (χ3n) is 3.40. The average molecular weight is 318 g/mol. The minimum atomic E-state index is -4.91. The highest BCUT2D eigenvalue weighted by Gasteiger charge is 2.42. The molecule has 0 aromatic heterocycles. The molecule has 0 atom stereocenters. The van der Waals surface area contributed by atoms with Gasteiger partial charge in [-0.25, -0.2) is 4.39 Å². The van der Waals surface area contributed by atoms with Gasteiger partial charge >= 0.3 is 12.1 Å². The molecular formula is C14H14F4N2O2. The number of alkyl halides is 3. The number of carbonyl (C=O) groups excluding carboxylic acids is 2. The summed E-state index contributed by atoms with van der Waals surface area (Å²) < 4.78 is 50.1. The molecule has 0 bridgehead atoms. The SMILES string of the molecule is O=C(c1ccc(F)cc1)N1CCCN(C(=O)C(F)(F)F)CC1. The van der Waals surface area contributed by atoms with Crippen molar-refractivity contribution in [1.29, 1.82) is 0 Å². The Balaban J connectivity index is 2.02. The molecule has 0 unspecified atom stereocenters. The summed E-state index contributed by atoms with van der Waals surface area (Å²) in [5.41, 5.74) is 0.261. The predicted octanol–water partition coefficient (Wildman–Crippen LogP) is 2.06. The van der Waals surface area contributed by atoms with Crippen LogP contribution in [0.2, 0.25) is 0 Å². The minimum Gasteiger partial charge on any atom is -0.337 e. The number of carbonyl (C=O) groups is 2. The maximum absolute atomic E-state index is 12.8. The van der Waals surface area contributed by atoms with Gasteiger partial charge in [-0.15, -0.1) is 0 Å². The first-order chi connectivity index (χ1) is 10.3. The fourth-order valence-electron chi connectivity index (χ4n) is 2.28. The number of rotatable bonds is 1. The fourth-order valence-corrected chi connectivity index (χ4v) is 2.28. The van der Waals surface area contributed by atoms with E-state index in [0.29, 0.717) is 4.90 Å². The molecular weight excluding hydrogens is 304 g/mol. The van der Waals surface area contributed by atoms with Gasteiger partial charge in [-0.2, -0.15) is 13.2 Å². The Labute approximate surface area is 124 Å². The Morgan fingerprint density at radius 2 is 1.45 bits per heavy atom. The van der Waals surface area contributed by atoms with Crippen molar-refractivity contribution in [3.63, 3.8) is 0 Å². The molecule has 2 amide bonds. The lowest BCUT2D eigenvalue weighted by Crippen LogP contribution is -2.43. The highest BCUT2D eigenvalue weighted by atomic mass is 19.4. The minimum absolute atomic E-state index is 0.0119. The van der Waals surface area contributed by atoms with Crippen LogP contribution in [0, 0.1) is 5.82 Å². The highest BCUT2D eigenvalue weighted by Crippen LogP contribution is 2.20. The standard InChI is InChI=1S/C14H14F4N2O2/c15-11-4-2-10(3-5-11)12(21)19-6-1-7-20(9-8-19)13(22)14(16,17)18/h2-5H,1,6-9H2. The molecule has 120 valence electrons. The van der Waals surface area contributed by atoms with Crippen LogP contribution in [0.25, 0.3) is 0 Å². The van der Waals surface area contributed by atoms with Gasteiger partial charge in [0.15, 0.2) is 0 Å². The molecule has 2 rings (SSSR count). The fraction of sp³-hybridized carbons (Fsp3) is 0.429. The van der Waals surface area contributed by atoms with E-state index in [0.717, 1.165) is 12.1 Å². The Hall–Kier alpha value is -2.12. The Kier molecular flexibility index (Phi) is 4.68. The molecule has 1 saturated heterocycles. The number of hydrogen-bond donors (Lipinski definition) is 0. The number of amides is 2. The highest BCUT2D eigenvalue weighted by molar-refractivity contribution is 5.94. The zero-order chi connectivity index (χ0) is 16.3. The first kappa shape index (κ1) is 16.3. The summed E-state index contributed by atoms with van der Waals surface area (Å²) in [4.78, 5) is 25.5. The summed E-state index contributed by atoms with van der Waals surface area (Å²) >= 11 is 0. The monoisotopic (exact) mass is 318 g/mol. The molecule has 0 aliphatic carbocycles. The lowest BCUT2D eigenvalue weighted by atomic mass is 10.2. The molecule has 1 aliphatic heterocycles. The van der Waals surface area contributed by atoms with Gasteiger partial charge in [0.1, 0.15) is 5.82 Å². The van der Waals surface area contributed by atoms with Gasteiger partial charge in [0.2, 0.25) is 0 Å². The molecule has 0 saturated carbocycles. The summed E-state index contributed by atoms with van der Waals surface area (Å²) in [6.07, 6.45) is -4.65. The number of hydrogen-bond acceptors (Lipinski definition) is 2. The van der Waals surface area contributed by atoms with Gasteiger partial charge in [-0.05, 0) is 30.7 Å². The first-order valence-corrected chi connectivity index (χ1v) is 6.70. The van der Waals surface area contributed by atoms with E-state index in [9.17, 15) is 27.2 Å². The van der Waals surface area contributed by atoms with Crippen LogP contribution in [0.1, 0.15) is 16.8 Å². The van der Waals surface area contributed by atoms with E-state index < -0.39 is 17.9 Å². The third-order valence-corrected chi connectivity index (χ3v) is 3.40. The largest absolute Gasteiger partial charge is 0.471 e. The van der Waals surface area contributed by atoms with Crippen LogP contribution in [0.4, 0.5) is 17.6 Å². The summed E-state index contributed by atoms with van der Waals surface area (Å²) in [6.45, 7) is 0.0344. The molecule has 1 aromatic rings. The van der Waals surface area contributed by atoms with E-state index in [1.54, 1.807) is 0 Å². The van der Waals surface area contributed by atoms with E-state index in [4.69, 9.17) is 0 Å². The van der Waals surface area contributed by atoms with Gasteiger partial charge in [-0.3, -0.25) is 9.59 Å². The Morgan fingerprint density at radius 1 is 0.909 bits per heavy atom.